The van der Waals surface area contributed by atoms with E-state index in [9.17, 15) is 19.5 Å². The van der Waals surface area contributed by atoms with Crippen molar-refractivity contribution in [2.75, 3.05) is 5.32 Å². The molecule has 0 spiro atoms. The number of anilines is 1. The van der Waals surface area contributed by atoms with Crippen molar-refractivity contribution < 1.29 is 23.8 Å². The van der Waals surface area contributed by atoms with Gasteiger partial charge in [0.15, 0.2) is 0 Å². The molecule has 192 valence electrons. The van der Waals surface area contributed by atoms with E-state index < -0.39 is 28.8 Å². The van der Waals surface area contributed by atoms with Gasteiger partial charge in [-0.2, -0.15) is 0 Å². The molecule has 0 aliphatic heterocycles. The molecule has 3 aromatic rings. The minimum absolute atomic E-state index is 0.0166. The zero-order chi connectivity index (χ0) is 26.7. The summed E-state index contributed by atoms with van der Waals surface area (Å²) in [5.74, 6) is -0.833. The Bertz CT molecular complexity index is 1320. The number of alkyl carbamates (subject to hydrolysis) is 1. The SMILES string of the molecule is CCC(c1cccc(NC(=O)CC(C)(C)NC(=O)OC(C)(C)C)c1)c1c(O)c2ccccc2oc1=O. The molecule has 2 aromatic carbocycles. The maximum absolute atomic E-state index is 12.8. The molecule has 3 rings (SSSR count). The van der Waals surface area contributed by atoms with E-state index >= 15 is 0 Å². The van der Waals surface area contributed by atoms with Crippen LogP contribution in [0.15, 0.2) is 57.7 Å². The van der Waals surface area contributed by atoms with E-state index in [1.165, 1.54) is 0 Å². The Hall–Kier alpha value is -3.81. The third kappa shape index (κ3) is 6.65. The average Bonchev–Trinajstić information content (AvgIpc) is 2.74. The van der Waals surface area contributed by atoms with Gasteiger partial charge in [-0.05, 0) is 70.9 Å². The van der Waals surface area contributed by atoms with Gasteiger partial charge in [0, 0.05) is 23.6 Å². The van der Waals surface area contributed by atoms with Gasteiger partial charge < -0.3 is 24.9 Å². The van der Waals surface area contributed by atoms with Gasteiger partial charge in [0.05, 0.1) is 10.9 Å². The standard InChI is InChI=1S/C28H34N2O6/c1-7-19(23-24(32)20-13-8-9-14-21(20)35-25(23)33)17-11-10-12-18(15-17)29-22(31)16-28(5,6)30-26(34)36-27(2,3)4/h8-15,19,32H,7,16H2,1-6H3,(H,29,31)(H,30,34). The van der Waals surface area contributed by atoms with E-state index in [0.717, 1.165) is 5.56 Å². The van der Waals surface area contributed by atoms with Crippen LogP contribution in [0.3, 0.4) is 0 Å². The lowest BCUT2D eigenvalue weighted by molar-refractivity contribution is -0.117. The summed E-state index contributed by atoms with van der Waals surface area (Å²) in [5.41, 5.74) is -0.290. The quantitative estimate of drug-likeness (QED) is 0.364. The number of carbonyl (C=O) groups excluding carboxylic acids is 2. The lowest BCUT2D eigenvalue weighted by atomic mass is 9.88. The molecule has 3 N–H and O–H groups in total. The number of para-hydroxylation sites is 1. The summed E-state index contributed by atoms with van der Waals surface area (Å²) >= 11 is 0. The van der Waals surface area contributed by atoms with Crippen LogP contribution in [0.25, 0.3) is 11.0 Å². The van der Waals surface area contributed by atoms with Gasteiger partial charge in [-0.3, -0.25) is 4.79 Å². The van der Waals surface area contributed by atoms with Crippen LogP contribution in [0.5, 0.6) is 5.75 Å². The van der Waals surface area contributed by atoms with Crippen LogP contribution in [-0.4, -0.2) is 28.2 Å². The number of hydrogen-bond donors (Lipinski definition) is 3. The van der Waals surface area contributed by atoms with Crippen LogP contribution in [-0.2, 0) is 9.53 Å². The average molecular weight is 495 g/mol. The number of amides is 2. The second-order valence-corrected chi connectivity index (χ2v) is 10.5. The Morgan fingerprint density at radius 3 is 2.42 bits per heavy atom. The molecule has 8 nitrogen and oxygen atoms in total. The fourth-order valence-corrected chi connectivity index (χ4v) is 4.13. The number of aromatic hydroxyl groups is 1. The maximum Gasteiger partial charge on any atom is 0.408 e. The molecule has 36 heavy (non-hydrogen) atoms. The highest BCUT2D eigenvalue weighted by Gasteiger charge is 2.28. The van der Waals surface area contributed by atoms with Crippen molar-refractivity contribution in [1.29, 1.82) is 0 Å². The van der Waals surface area contributed by atoms with Crippen molar-refractivity contribution in [3.63, 3.8) is 0 Å². The summed E-state index contributed by atoms with van der Waals surface area (Å²) in [7, 11) is 0. The summed E-state index contributed by atoms with van der Waals surface area (Å²) < 4.78 is 10.7. The highest BCUT2D eigenvalue weighted by molar-refractivity contribution is 5.92. The van der Waals surface area contributed by atoms with Crippen molar-refractivity contribution in [3.05, 3.63) is 70.1 Å². The van der Waals surface area contributed by atoms with Gasteiger partial charge in [-0.15, -0.1) is 0 Å². The van der Waals surface area contributed by atoms with E-state index in [0.29, 0.717) is 23.1 Å². The van der Waals surface area contributed by atoms with Gasteiger partial charge in [0.2, 0.25) is 5.91 Å². The fourth-order valence-electron chi connectivity index (χ4n) is 4.13. The first-order valence-electron chi connectivity index (χ1n) is 12.0. The first-order valence-corrected chi connectivity index (χ1v) is 12.0. The molecular weight excluding hydrogens is 460 g/mol. The second-order valence-electron chi connectivity index (χ2n) is 10.5. The monoisotopic (exact) mass is 494 g/mol. The van der Waals surface area contributed by atoms with E-state index in [1.54, 1.807) is 77.1 Å². The van der Waals surface area contributed by atoms with Crippen molar-refractivity contribution >= 4 is 28.7 Å². The number of carbonyl (C=O) groups is 2. The third-order valence-corrected chi connectivity index (χ3v) is 5.59. The Labute approximate surface area is 210 Å². The summed E-state index contributed by atoms with van der Waals surface area (Å²) in [4.78, 5) is 37.7. The Morgan fingerprint density at radius 2 is 1.75 bits per heavy atom. The highest BCUT2D eigenvalue weighted by Crippen LogP contribution is 2.36. The predicted molar refractivity (Wildman–Crippen MR) is 139 cm³/mol. The first kappa shape index (κ1) is 26.8. The smallest absolute Gasteiger partial charge is 0.408 e. The molecule has 0 aliphatic rings. The molecule has 1 aromatic heterocycles. The molecular formula is C28H34N2O6. The number of benzene rings is 2. The molecule has 0 bridgehead atoms. The van der Waals surface area contributed by atoms with Crippen LogP contribution in [0.4, 0.5) is 10.5 Å². The van der Waals surface area contributed by atoms with E-state index in [1.807, 2.05) is 13.0 Å². The van der Waals surface area contributed by atoms with E-state index in [2.05, 4.69) is 10.6 Å². The maximum atomic E-state index is 12.8. The molecule has 1 unspecified atom stereocenters. The van der Waals surface area contributed by atoms with Gasteiger partial charge >= 0.3 is 11.7 Å². The molecule has 0 aliphatic carbocycles. The predicted octanol–water partition coefficient (Wildman–Crippen LogP) is 5.67. The van der Waals surface area contributed by atoms with Gasteiger partial charge in [-0.25, -0.2) is 9.59 Å². The number of nitrogens with one attached hydrogen (secondary N) is 2. The van der Waals surface area contributed by atoms with Crippen molar-refractivity contribution in [1.82, 2.24) is 5.32 Å². The normalized spacial score (nSPS) is 12.7. The van der Waals surface area contributed by atoms with Gasteiger partial charge in [0.25, 0.3) is 0 Å². The first-order chi connectivity index (χ1) is 16.8. The van der Waals surface area contributed by atoms with Crippen LogP contribution < -0.4 is 16.3 Å². The zero-order valence-electron chi connectivity index (χ0n) is 21.6. The van der Waals surface area contributed by atoms with Crippen molar-refractivity contribution in [2.24, 2.45) is 0 Å². The zero-order valence-corrected chi connectivity index (χ0v) is 21.6. The van der Waals surface area contributed by atoms with Crippen LogP contribution in [0, 0.1) is 0 Å². The van der Waals surface area contributed by atoms with Crippen LogP contribution in [0.1, 0.15) is 71.4 Å². The topological polar surface area (TPSA) is 118 Å². The number of ether oxygens (including phenoxy) is 1. The molecule has 2 amide bonds. The molecule has 8 heteroatoms. The van der Waals surface area contributed by atoms with Crippen LogP contribution >= 0.6 is 0 Å². The highest BCUT2D eigenvalue weighted by atomic mass is 16.6. The molecule has 1 atom stereocenters. The van der Waals surface area contributed by atoms with Gasteiger partial charge in [-0.1, -0.05) is 31.2 Å². The van der Waals surface area contributed by atoms with Crippen LogP contribution in [0.2, 0.25) is 0 Å². The fraction of sp³-hybridized carbons (Fsp3) is 0.393. The third-order valence-electron chi connectivity index (χ3n) is 5.59. The Kier molecular flexibility index (Phi) is 7.77. The van der Waals surface area contributed by atoms with E-state index in [4.69, 9.17) is 9.15 Å². The molecule has 0 saturated carbocycles. The number of fused-ring (bicyclic) bond motifs is 1. The lowest BCUT2D eigenvalue weighted by Gasteiger charge is -2.28. The summed E-state index contributed by atoms with van der Waals surface area (Å²) in [6.07, 6.45) is -0.0500. The summed E-state index contributed by atoms with van der Waals surface area (Å²) in [6, 6.07) is 14.0. The number of rotatable bonds is 7. The number of hydrogen-bond acceptors (Lipinski definition) is 6. The molecule has 0 radical (unpaired) electrons. The second kappa shape index (κ2) is 10.4. The lowest BCUT2D eigenvalue weighted by Crippen LogP contribution is -2.47. The van der Waals surface area contributed by atoms with Gasteiger partial charge in [0.1, 0.15) is 16.9 Å². The molecule has 0 fully saturated rings. The summed E-state index contributed by atoms with van der Waals surface area (Å²) in [5, 5.41) is 16.9. The van der Waals surface area contributed by atoms with Crippen molar-refractivity contribution in [3.8, 4) is 5.75 Å². The van der Waals surface area contributed by atoms with Crippen molar-refractivity contribution in [2.45, 2.75) is 71.4 Å². The Balaban J connectivity index is 1.79. The molecule has 0 saturated heterocycles. The minimum Gasteiger partial charge on any atom is -0.507 e. The molecule has 1 heterocycles. The summed E-state index contributed by atoms with van der Waals surface area (Å²) in [6.45, 7) is 10.7. The minimum atomic E-state index is -0.841. The van der Waals surface area contributed by atoms with E-state index in [-0.39, 0.29) is 23.6 Å². The largest absolute Gasteiger partial charge is 0.507 e. The Morgan fingerprint density at radius 1 is 1.06 bits per heavy atom.